The zero-order valence-corrected chi connectivity index (χ0v) is 15.2. The smallest absolute Gasteiger partial charge is 0.200 e. The van der Waals surface area contributed by atoms with Crippen LogP contribution in [0.1, 0.15) is 12.5 Å². The molecule has 0 amide bonds. The SMILES string of the molecule is C=C(/C=C/C=C/C=C1\Oc2ccccc2N1CC)Oc1ccccc1C. The molecular formula is C23H23NO2. The molecule has 0 aromatic heterocycles. The van der Waals surface area contributed by atoms with E-state index in [0.717, 1.165) is 35.2 Å². The standard InChI is InChI=1S/C23H23NO2/c1-4-24-20-14-9-11-16-22(20)26-23(24)17-7-5-6-13-19(3)25-21-15-10-8-12-18(21)2/h5-17H,3-4H2,1-2H3/b7-5+,13-6+,23-17-. The number of benzene rings is 2. The maximum atomic E-state index is 5.90. The first-order valence-electron chi connectivity index (χ1n) is 8.71. The van der Waals surface area contributed by atoms with Gasteiger partial charge in [0.25, 0.3) is 0 Å². The number of para-hydroxylation sites is 3. The molecule has 1 aliphatic rings. The number of fused-ring (bicyclic) bond motifs is 1. The average molecular weight is 345 g/mol. The van der Waals surface area contributed by atoms with E-state index < -0.39 is 0 Å². The zero-order valence-electron chi connectivity index (χ0n) is 15.2. The van der Waals surface area contributed by atoms with Gasteiger partial charge in [0.15, 0.2) is 5.75 Å². The van der Waals surface area contributed by atoms with E-state index in [4.69, 9.17) is 9.47 Å². The third-order valence-corrected chi connectivity index (χ3v) is 4.03. The van der Waals surface area contributed by atoms with Gasteiger partial charge in [0.2, 0.25) is 5.88 Å². The minimum Gasteiger partial charge on any atom is -0.458 e. The van der Waals surface area contributed by atoms with Gasteiger partial charge in [-0.3, -0.25) is 0 Å². The van der Waals surface area contributed by atoms with Crippen LogP contribution >= 0.6 is 0 Å². The highest BCUT2D eigenvalue weighted by Gasteiger charge is 2.23. The van der Waals surface area contributed by atoms with Gasteiger partial charge >= 0.3 is 0 Å². The third kappa shape index (κ3) is 4.06. The highest BCUT2D eigenvalue weighted by Crippen LogP contribution is 2.38. The largest absolute Gasteiger partial charge is 0.458 e. The van der Waals surface area contributed by atoms with Crippen molar-refractivity contribution in [2.45, 2.75) is 13.8 Å². The second kappa shape index (κ2) is 8.26. The van der Waals surface area contributed by atoms with E-state index in [0.29, 0.717) is 5.76 Å². The van der Waals surface area contributed by atoms with Gasteiger partial charge in [-0.1, -0.05) is 55.1 Å². The predicted octanol–water partition coefficient (Wildman–Crippen LogP) is 5.76. The van der Waals surface area contributed by atoms with Crippen molar-refractivity contribution >= 4 is 5.69 Å². The summed E-state index contributed by atoms with van der Waals surface area (Å²) in [6.07, 6.45) is 9.57. The first-order chi connectivity index (χ1) is 12.7. The highest BCUT2D eigenvalue weighted by molar-refractivity contribution is 5.66. The van der Waals surface area contributed by atoms with E-state index in [2.05, 4.69) is 24.5 Å². The Morgan fingerprint density at radius 1 is 1.08 bits per heavy atom. The van der Waals surface area contributed by atoms with Gasteiger partial charge in [-0.15, -0.1) is 0 Å². The molecule has 0 spiro atoms. The average Bonchev–Trinajstić information content (AvgIpc) is 3.00. The van der Waals surface area contributed by atoms with Crippen molar-refractivity contribution in [3.05, 3.63) is 103 Å². The molecule has 3 nitrogen and oxygen atoms in total. The highest BCUT2D eigenvalue weighted by atomic mass is 16.5. The van der Waals surface area contributed by atoms with Crippen LogP contribution in [0.5, 0.6) is 11.5 Å². The summed E-state index contributed by atoms with van der Waals surface area (Å²) in [6.45, 7) is 8.90. The first kappa shape index (κ1) is 17.6. The molecule has 0 atom stereocenters. The number of rotatable bonds is 6. The molecule has 2 aromatic rings. The van der Waals surface area contributed by atoms with Crippen molar-refractivity contribution in [1.29, 1.82) is 0 Å². The number of aryl methyl sites for hydroxylation is 1. The molecule has 2 aromatic carbocycles. The minimum absolute atomic E-state index is 0.594. The lowest BCUT2D eigenvalue weighted by Gasteiger charge is -2.14. The number of hydrogen-bond donors (Lipinski definition) is 0. The number of anilines is 1. The lowest BCUT2D eigenvalue weighted by atomic mass is 10.2. The second-order valence-electron chi connectivity index (χ2n) is 5.90. The number of nitrogens with zero attached hydrogens (tertiary/aromatic N) is 1. The van der Waals surface area contributed by atoms with Gasteiger partial charge in [0.1, 0.15) is 11.5 Å². The Balaban J connectivity index is 1.59. The molecule has 0 aliphatic carbocycles. The van der Waals surface area contributed by atoms with E-state index in [9.17, 15) is 0 Å². The topological polar surface area (TPSA) is 21.7 Å². The van der Waals surface area contributed by atoms with Gasteiger partial charge in [-0.25, -0.2) is 0 Å². The van der Waals surface area contributed by atoms with Gasteiger partial charge < -0.3 is 14.4 Å². The summed E-state index contributed by atoms with van der Waals surface area (Å²) >= 11 is 0. The van der Waals surface area contributed by atoms with Gasteiger partial charge in [-0.2, -0.15) is 0 Å². The van der Waals surface area contributed by atoms with E-state index in [1.54, 1.807) is 0 Å². The van der Waals surface area contributed by atoms with Gasteiger partial charge in [0, 0.05) is 6.54 Å². The van der Waals surface area contributed by atoms with Gasteiger partial charge in [-0.05, 0) is 49.8 Å². The van der Waals surface area contributed by atoms with Crippen LogP contribution in [0.15, 0.2) is 97.1 Å². The molecule has 0 saturated carbocycles. The van der Waals surface area contributed by atoms with Gasteiger partial charge in [0.05, 0.1) is 5.69 Å². The Labute approximate surface area is 155 Å². The van der Waals surface area contributed by atoms with Crippen LogP contribution in [-0.4, -0.2) is 6.54 Å². The maximum Gasteiger partial charge on any atom is 0.200 e. The summed E-state index contributed by atoms with van der Waals surface area (Å²) in [4.78, 5) is 2.14. The molecule has 1 aliphatic heterocycles. The summed E-state index contributed by atoms with van der Waals surface area (Å²) in [7, 11) is 0. The molecule has 3 heteroatoms. The molecule has 0 fully saturated rings. The maximum absolute atomic E-state index is 5.90. The summed E-state index contributed by atoms with van der Waals surface area (Å²) in [5, 5.41) is 0. The quantitative estimate of drug-likeness (QED) is 0.491. The van der Waals surface area contributed by atoms with Crippen LogP contribution in [-0.2, 0) is 0 Å². The van der Waals surface area contributed by atoms with E-state index >= 15 is 0 Å². The molecule has 0 saturated heterocycles. The Kier molecular flexibility index (Phi) is 5.59. The van der Waals surface area contributed by atoms with E-state index in [1.165, 1.54) is 0 Å². The zero-order chi connectivity index (χ0) is 18.4. The van der Waals surface area contributed by atoms with Crippen molar-refractivity contribution in [3.8, 4) is 11.5 Å². The van der Waals surface area contributed by atoms with Crippen LogP contribution in [0, 0.1) is 6.92 Å². The lowest BCUT2D eigenvalue weighted by Crippen LogP contribution is -2.18. The fourth-order valence-corrected chi connectivity index (χ4v) is 2.71. The molecular weight excluding hydrogens is 322 g/mol. The number of hydrogen-bond acceptors (Lipinski definition) is 3. The summed E-state index contributed by atoms with van der Waals surface area (Å²) < 4.78 is 11.6. The Morgan fingerprint density at radius 3 is 2.65 bits per heavy atom. The van der Waals surface area contributed by atoms with Crippen LogP contribution in [0.25, 0.3) is 0 Å². The Bertz CT molecular complexity index is 877. The molecule has 132 valence electrons. The number of allylic oxidation sites excluding steroid dienone is 5. The fourth-order valence-electron chi connectivity index (χ4n) is 2.71. The molecule has 0 bridgehead atoms. The molecule has 0 unspecified atom stereocenters. The summed E-state index contributed by atoms with van der Waals surface area (Å²) in [6, 6.07) is 15.9. The van der Waals surface area contributed by atoms with Crippen LogP contribution in [0.4, 0.5) is 5.69 Å². The Morgan fingerprint density at radius 2 is 1.85 bits per heavy atom. The fraction of sp³-hybridized carbons (Fsp3) is 0.130. The van der Waals surface area contributed by atoms with Crippen molar-refractivity contribution < 1.29 is 9.47 Å². The second-order valence-corrected chi connectivity index (χ2v) is 5.90. The van der Waals surface area contributed by atoms with Crippen LogP contribution in [0.3, 0.4) is 0 Å². The van der Waals surface area contributed by atoms with Crippen molar-refractivity contribution in [2.75, 3.05) is 11.4 Å². The van der Waals surface area contributed by atoms with Crippen LogP contribution in [0.2, 0.25) is 0 Å². The predicted molar refractivity (Wildman–Crippen MR) is 107 cm³/mol. The molecule has 26 heavy (non-hydrogen) atoms. The van der Waals surface area contributed by atoms with Crippen LogP contribution < -0.4 is 14.4 Å². The lowest BCUT2D eigenvalue weighted by molar-refractivity contribution is 0.440. The molecule has 0 N–H and O–H groups in total. The third-order valence-electron chi connectivity index (χ3n) is 4.03. The summed E-state index contributed by atoms with van der Waals surface area (Å²) in [5.74, 6) is 3.14. The van der Waals surface area contributed by atoms with Crippen molar-refractivity contribution in [2.24, 2.45) is 0 Å². The molecule has 1 heterocycles. The number of ether oxygens (including phenoxy) is 2. The molecule has 0 radical (unpaired) electrons. The van der Waals surface area contributed by atoms with E-state index in [1.807, 2.05) is 79.8 Å². The monoisotopic (exact) mass is 345 g/mol. The van der Waals surface area contributed by atoms with Crippen molar-refractivity contribution in [1.82, 2.24) is 0 Å². The van der Waals surface area contributed by atoms with E-state index in [-0.39, 0.29) is 0 Å². The van der Waals surface area contributed by atoms with Crippen molar-refractivity contribution in [3.63, 3.8) is 0 Å². The molecule has 3 rings (SSSR count). The first-order valence-corrected chi connectivity index (χ1v) is 8.71. The minimum atomic E-state index is 0.594. The normalized spacial score (nSPS) is 14.8. The Hall–Kier alpha value is -3.20. The summed E-state index contributed by atoms with van der Waals surface area (Å²) in [5.41, 5.74) is 2.19.